The van der Waals surface area contributed by atoms with Crippen molar-refractivity contribution >= 4 is 17.1 Å². The van der Waals surface area contributed by atoms with Crippen molar-refractivity contribution in [1.82, 2.24) is 9.88 Å². The standard InChI is InChI=1S/C18H25N3O2/c1-20(18-19-16-5-3-4-6-17(16)23-18)15-11-13-7-8-14(12-15)21(13)9-10-22-2/h3-6,13-15H,7-12H2,1-2H3/t13-,14-/m0/s1. The molecule has 2 aromatic rings. The summed E-state index contributed by atoms with van der Waals surface area (Å²) in [6, 6.07) is 10.6. The molecule has 0 aliphatic carbocycles. The summed E-state index contributed by atoms with van der Waals surface area (Å²) in [7, 11) is 3.91. The zero-order valence-electron chi connectivity index (χ0n) is 13.9. The average molecular weight is 315 g/mol. The lowest BCUT2D eigenvalue weighted by molar-refractivity contribution is 0.0825. The average Bonchev–Trinajstić information content (AvgIpc) is 3.10. The van der Waals surface area contributed by atoms with Gasteiger partial charge in [0.05, 0.1) is 6.61 Å². The fraction of sp³-hybridized carbons (Fsp3) is 0.611. The summed E-state index contributed by atoms with van der Waals surface area (Å²) in [5, 5.41) is 0. The number of methoxy groups -OCH3 is 1. The van der Waals surface area contributed by atoms with E-state index in [1.54, 1.807) is 7.11 Å². The van der Waals surface area contributed by atoms with Crippen LogP contribution < -0.4 is 4.90 Å². The second-order valence-corrected chi connectivity index (χ2v) is 6.82. The molecular weight excluding hydrogens is 290 g/mol. The Labute approximate surface area is 137 Å². The molecule has 0 radical (unpaired) electrons. The highest BCUT2D eigenvalue weighted by Gasteiger charge is 2.42. The Hall–Kier alpha value is -1.59. The van der Waals surface area contributed by atoms with E-state index in [4.69, 9.17) is 9.15 Å². The van der Waals surface area contributed by atoms with Crippen molar-refractivity contribution in [1.29, 1.82) is 0 Å². The Morgan fingerprint density at radius 1 is 1.26 bits per heavy atom. The van der Waals surface area contributed by atoms with E-state index in [1.165, 1.54) is 25.7 Å². The van der Waals surface area contributed by atoms with Gasteiger partial charge in [-0.25, -0.2) is 0 Å². The van der Waals surface area contributed by atoms with E-state index >= 15 is 0 Å². The van der Waals surface area contributed by atoms with E-state index in [-0.39, 0.29) is 0 Å². The molecule has 0 spiro atoms. The molecule has 0 N–H and O–H groups in total. The van der Waals surface area contributed by atoms with Gasteiger partial charge in [-0.1, -0.05) is 12.1 Å². The quantitative estimate of drug-likeness (QED) is 0.848. The second-order valence-electron chi connectivity index (χ2n) is 6.82. The third-order valence-corrected chi connectivity index (χ3v) is 5.55. The number of hydrogen-bond donors (Lipinski definition) is 0. The van der Waals surface area contributed by atoms with Gasteiger partial charge >= 0.3 is 0 Å². The molecule has 0 amide bonds. The zero-order chi connectivity index (χ0) is 15.8. The van der Waals surface area contributed by atoms with Gasteiger partial charge in [-0.05, 0) is 37.8 Å². The van der Waals surface area contributed by atoms with E-state index in [9.17, 15) is 0 Å². The first-order chi connectivity index (χ1) is 11.3. The number of benzene rings is 1. The molecule has 5 heteroatoms. The largest absolute Gasteiger partial charge is 0.423 e. The van der Waals surface area contributed by atoms with Crippen LogP contribution in [0.4, 0.5) is 6.01 Å². The minimum Gasteiger partial charge on any atom is -0.423 e. The number of para-hydroxylation sites is 2. The highest BCUT2D eigenvalue weighted by Crippen LogP contribution is 2.38. The van der Waals surface area contributed by atoms with Crippen LogP contribution in [0.5, 0.6) is 0 Å². The number of aromatic nitrogens is 1. The first kappa shape index (κ1) is 15.0. The molecule has 2 aliphatic rings. The SMILES string of the molecule is COCCN1[C@H]2CC[C@H]1CC(N(C)c1nc3ccccc3o1)C2. The van der Waals surface area contributed by atoms with Crippen LogP contribution in [-0.4, -0.2) is 55.3 Å². The third kappa shape index (κ3) is 2.72. The highest BCUT2D eigenvalue weighted by molar-refractivity contribution is 5.74. The molecule has 2 atom stereocenters. The first-order valence-electron chi connectivity index (χ1n) is 8.59. The van der Waals surface area contributed by atoms with Crippen molar-refractivity contribution in [2.75, 3.05) is 32.2 Å². The van der Waals surface area contributed by atoms with E-state index < -0.39 is 0 Å². The molecule has 1 aromatic heterocycles. The monoisotopic (exact) mass is 315 g/mol. The summed E-state index contributed by atoms with van der Waals surface area (Å²) < 4.78 is 11.2. The Morgan fingerprint density at radius 2 is 2.00 bits per heavy atom. The molecule has 2 bridgehead atoms. The number of ether oxygens (including phenoxy) is 1. The summed E-state index contributed by atoms with van der Waals surface area (Å²) >= 11 is 0. The van der Waals surface area contributed by atoms with Gasteiger partial charge in [-0.15, -0.1) is 0 Å². The predicted octanol–water partition coefficient (Wildman–Crippen LogP) is 2.91. The molecule has 23 heavy (non-hydrogen) atoms. The van der Waals surface area contributed by atoms with E-state index in [2.05, 4.69) is 21.8 Å². The van der Waals surface area contributed by atoms with Crippen molar-refractivity contribution in [2.45, 2.75) is 43.8 Å². The summed E-state index contributed by atoms with van der Waals surface area (Å²) in [6.07, 6.45) is 5.00. The maximum absolute atomic E-state index is 5.95. The molecule has 0 unspecified atom stereocenters. The van der Waals surface area contributed by atoms with Crippen LogP contribution in [0.15, 0.2) is 28.7 Å². The smallest absolute Gasteiger partial charge is 0.298 e. The van der Waals surface area contributed by atoms with Gasteiger partial charge in [-0.3, -0.25) is 4.90 Å². The van der Waals surface area contributed by atoms with E-state index in [0.717, 1.165) is 30.3 Å². The number of anilines is 1. The Kier molecular flexibility index (Phi) is 3.99. The fourth-order valence-electron chi connectivity index (χ4n) is 4.29. The molecule has 2 saturated heterocycles. The van der Waals surface area contributed by atoms with Gasteiger partial charge in [0.2, 0.25) is 0 Å². The molecular formula is C18H25N3O2. The maximum atomic E-state index is 5.95. The molecule has 4 rings (SSSR count). The van der Waals surface area contributed by atoms with Crippen molar-refractivity contribution in [3.8, 4) is 0 Å². The number of hydrogen-bond acceptors (Lipinski definition) is 5. The van der Waals surface area contributed by atoms with Crippen LogP contribution in [0.25, 0.3) is 11.1 Å². The summed E-state index contributed by atoms with van der Waals surface area (Å²) in [6.45, 7) is 1.89. The molecule has 2 aliphatic heterocycles. The molecule has 1 aromatic carbocycles. The molecule has 5 nitrogen and oxygen atoms in total. The fourth-order valence-corrected chi connectivity index (χ4v) is 4.29. The van der Waals surface area contributed by atoms with E-state index in [1.807, 2.05) is 24.3 Å². The first-order valence-corrected chi connectivity index (χ1v) is 8.59. The van der Waals surface area contributed by atoms with Crippen molar-refractivity contribution in [3.63, 3.8) is 0 Å². The van der Waals surface area contributed by atoms with Crippen molar-refractivity contribution in [2.24, 2.45) is 0 Å². The Bertz CT molecular complexity index is 624. The van der Waals surface area contributed by atoms with Gasteiger partial charge in [0, 0.05) is 38.8 Å². The lowest BCUT2D eigenvalue weighted by Gasteiger charge is -2.41. The Balaban J connectivity index is 1.49. The number of fused-ring (bicyclic) bond motifs is 3. The lowest BCUT2D eigenvalue weighted by atomic mass is 9.96. The van der Waals surface area contributed by atoms with Crippen molar-refractivity contribution in [3.05, 3.63) is 24.3 Å². The van der Waals surface area contributed by atoms with Crippen molar-refractivity contribution < 1.29 is 9.15 Å². The maximum Gasteiger partial charge on any atom is 0.298 e. The predicted molar refractivity (Wildman–Crippen MR) is 90.8 cm³/mol. The summed E-state index contributed by atoms with van der Waals surface area (Å²) in [4.78, 5) is 9.55. The summed E-state index contributed by atoms with van der Waals surface area (Å²) in [5.41, 5.74) is 1.81. The van der Waals surface area contributed by atoms with E-state index in [0.29, 0.717) is 18.1 Å². The van der Waals surface area contributed by atoms with Crippen LogP contribution in [0.3, 0.4) is 0 Å². The van der Waals surface area contributed by atoms with Gasteiger partial charge < -0.3 is 14.1 Å². The number of nitrogens with zero attached hydrogens (tertiary/aromatic N) is 3. The Morgan fingerprint density at radius 3 is 2.70 bits per heavy atom. The second kappa shape index (κ2) is 6.13. The number of oxazole rings is 1. The number of rotatable bonds is 5. The normalized spacial score (nSPS) is 27.7. The van der Waals surface area contributed by atoms with Crippen LogP contribution in [0, 0.1) is 0 Å². The highest BCUT2D eigenvalue weighted by atomic mass is 16.5. The van der Waals surface area contributed by atoms with Crippen LogP contribution in [0.1, 0.15) is 25.7 Å². The van der Waals surface area contributed by atoms with Gasteiger partial charge in [-0.2, -0.15) is 4.98 Å². The topological polar surface area (TPSA) is 41.7 Å². The van der Waals surface area contributed by atoms with Gasteiger partial charge in [0.25, 0.3) is 6.01 Å². The number of piperidine rings is 1. The van der Waals surface area contributed by atoms with Gasteiger partial charge in [0.1, 0.15) is 5.52 Å². The van der Waals surface area contributed by atoms with Crippen LogP contribution in [0.2, 0.25) is 0 Å². The lowest BCUT2D eigenvalue weighted by Crippen LogP contribution is -2.50. The molecule has 2 fully saturated rings. The molecule has 124 valence electrons. The minimum atomic E-state index is 0.513. The zero-order valence-corrected chi connectivity index (χ0v) is 13.9. The van der Waals surface area contributed by atoms with Gasteiger partial charge in [0.15, 0.2) is 5.58 Å². The van der Waals surface area contributed by atoms with Crippen LogP contribution >= 0.6 is 0 Å². The summed E-state index contributed by atoms with van der Waals surface area (Å²) in [5.74, 6) is 0. The van der Waals surface area contributed by atoms with Crippen LogP contribution in [-0.2, 0) is 4.74 Å². The molecule has 3 heterocycles. The molecule has 0 saturated carbocycles. The third-order valence-electron chi connectivity index (χ3n) is 5.55. The minimum absolute atomic E-state index is 0.513.